The molecule has 5 rings (SSSR count). The Morgan fingerprint density at radius 3 is 2.66 bits per heavy atom. The SMILES string of the molecule is COc1ccc(CN(CC2=CC(=O)n3c(nc4ccccc43)C2C#N)C(C)Cc2cccs2)cc1. The fraction of sp³-hybridized carbons (Fsp3) is 0.250. The van der Waals surface area contributed by atoms with Crippen LogP contribution >= 0.6 is 11.3 Å². The molecule has 35 heavy (non-hydrogen) atoms. The van der Waals surface area contributed by atoms with Crippen molar-refractivity contribution in [3.8, 4) is 11.8 Å². The molecule has 1 aliphatic heterocycles. The first-order chi connectivity index (χ1) is 17.1. The van der Waals surface area contributed by atoms with Crippen LogP contribution in [-0.4, -0.2) is 40.1 Å². The van der Waals surface area contributed by atoms with Gasteiger partial charge in [-0.3, -0.25) is 14.3 Å². The minimum Gasteiger partial charge on any atom is -0.497 e. The second-order valence-electron chi connectivity index (χ2n) is 8.80. The quantitative estimate of drug-likeness (QED) is 0.335. The molecule has 0 amide bonds. The smallest absolute Gasteiger partial charge is 0.256 e. The highest BCUT2D eigenvalue weighted by Crippen LogP contribution is 2.32. The number of nitrogens with zero attached hydrogens (tertiary/aromatic N) is 4. The summed E-state index contributed by atoms with van der Waals surface area (Å²) in [6, 6.07) is 22.4. The van der Waals surface area contributed by atoms with Crippen LogP contribution in [0.1, 0.15) is 33.9 Å². The van der Waals surface area contributed by atoms with E-state index in [4.69, 9.17) is 4.74 Å². The number of thiophene rings is 1. The van der Waals surface area contributed by atoms with Gasteiger partial charge in [0.15, 0.2) is 0 Å². The van der Waals surface area contributed by atoms with Crippen LogP contribution in [0.3, 0.4) is 0 Å². The molecule has 6 nitrogen and oxygen atoms in total. The van der Waals surface area contributed by atoms with Gasteiger partial charge in [0.1, 0.15) is 17.5 Å². The van der Waals surface area contributed by atoms with E-state index >= 15 is 0 Å². The van der Waals surface area contributed by atoms with Crippen LogP contribution in [0.25, 0.3) is 11.0 Å². The molecule has 2 unspecified atom stereocenters. The normalized spacial score (nSPS) is 16.1. The number of para-hydroxylation sites is 2. The van der Waals surface area contributed by atoms with Crippen molar-refractivity contribution in [1.29, 1.82) is 5.26 Å². The van der Waals surface area contributed by atoms with E-state index in [9.17, 15) is 10.1 Å². The van der Waals surface area contributed by atoms with Gasteiger partial charge < -0.3 is 4.74 Å². The van der Waals surface area contributed by atoms with Gasteiger partial charge >= 0.3 is 0 Å². The van der Waals surface area contributed by atoms with Gasteiger partial charge in [-0.25, -0.2) is 4.98 Å². The van der Waals surface area contributed by atoms with Crippen molar-refractivity contribution in [3.05, 3.63) is 94.0 Å². The zero-order valence-electron chi connectivity index (χ0n) is 19.7. The van der Waals surface area contributed by atoms with Crippen LogP contribution in [0.4, 0.5) is 0 Å². The van der Waals surface area contributed by atoms with E-state index in [1.807, 2.05) is 36.4 Å². The Bertz CT molecular complexity index is 1410. The van der Waals surface area contributed by atoms with Crippen molar-refractivity contribution >= 4 is 28.3 Å². The summed E-state index contributed by atoms with van der Waals surface area (Å²) in [5, 5.41) is 12.2. The van der Waals surface area contributed by atoms with Crippen molar-refractivity contribution < 1.29 is 9.53 Å². The van der Waals surface area contributed by atoms with E-state index in [1.165, 1.54) is 4.88 Å². The number of allylic oxidation sites excluding steroid dienone is 1. The summed E-state index contributed by atoms with van der Waals surface area (Å²) in [5.74, 6) is 0.598. The summed E-state index contributed by atoms with van der Waals surface area (Å²) in [6.45, 7) is 3.40. The molecule has 4 aromatic rings. The van der Waals surface area contributed by atoms with E-state index in [0.29, 0.717) is 18.9 Å². The number of carbonyl (C=O) groups excluding carboxylic acids is 1. The van der Waals surface area contributed by atoms with Crippen molar-refractivity contribution in [1.82, 2.24) is 14.5 Å². The summed E-state index contributed by atoms with van der Waals surface area (Å²) < 4.78 is 6.89. The van der Waals surface area contributed by atoms with E-state index in [0.717, 1.165) is 34.3 Å². The lowest BCUT2D eigenvalue weighted by Gasteiger charge is -2.32. The number of benzene rings is 2. The lowest BCUT2D eigenvalue weighted by Crippen LogP contribution is -2.37. The monoisotopic (exact) mass is 482 g/mol. The lowest BCUT2D eigenvalue weighted by atomic mass is 9.94. The third-order valence-corrected chi connectivity index (χ3v) is 7.40. The van der Waals surface area contributed by atoms with Crippen LogP contribution in [0.15, 0.2) is 77.7 Å². The standard InChI is InChI=1S/C28H26N4O2S/c1-19(14-23-6-5-13-35-23)31(17-20-9-11-22(34-2)12-10-20)18-21-15-27(33)32-26-8-4-3-7-25(26)30-28(32)24(21)16-29/h3-13,15,19,24H,14,17-18H2,1-2H3. The third-order valence-electron chi connectivity index (χ3n) is 6.50. The van der Waals surface area contributed by atoms with Crippen LogP contribution in [0, 0.1) is 11.3 Å². The van der Waals surface area contributed by atoms with Crippen LogP contribution in [0.5, 0.6) is 5.75 Å². The van der Waals surface area contributed by atoms with Crippen molar-refractivity contribution in [2.75, 3.05) is 13.7 Å². The molecule has 2 aromatic carbocycles. The molecule has 0 N–H and O–H groups in total. The molecule has 0 fully saturated rings. The Hall–Kier alpha value is -3.73. The number of methoxy groups -OCH3 is 1. The van der Waals surface area contributed by atoms with Gasteiger partial charge in [0.2, 0.25) is 0 Å². The van der Waals surface area contributed by atoms with Gasteiger partial charge in [-0.15, -0.1) is 11.3 Å². The average molecular weight is 483 g/mol. The van der Waals surface area contributed by atoms with E-state index < -0.39 is 5.92 Å². The summed E-state index contributed by atoms with van der Waals surface area (Å²) in [5.41, 5.74) is 3.40. The number of ether oxygens (including phenoxy) is 1. The topological polar surface area (TPSA) is 71.2 Å². The third kappa shape index (κ3) is 4.63. The molecule has 0 saturated carbocycles. The second-order valence-corrected chi connectivity index (χ2v) is 9.83. The Balaban J connectivity index is 1.46. The summed E-state index contributed by atoms with van der Waals surface area (Å²) >= 11 is 1.75. The summed E-state index contributed by atoms with van der Waals surface area (Å²) in [6.07, 6.45) is 2.53. The maximum absolute atomic E-state index is 13.2. The largest absolute Gasteiger partial charge is 0.497 e. The van der Waals surface area contributed by atoms with Crippen LogP contribution in [0.2, 0.25) is 0 Å². The first kappa shape index (κ1) is 23.0. The second kappa shape index (κ2) is 9.87. The number of imidazole rings is 1. The molecule has 7 heteroatoms. The van der Waals surface area contributed by atoms with Crippen LogP contribution < -0.4 is 4.74 Å². The minimum absolute atomic E-state index is 0.148. The van der Waals surface area contributed by atoms with Crippen LogP contribution in [-0.2, 0) is 13.0 Å². The number of hydrogen-bond donors (Lipinski definition) is 0. The van der Waals surface area contributed by atoms with E-state index in [2.05, 4.69) is 52.5 Å². The highest BCUT2D eigenvalue weighted by Gasteiger charge is 2.32. The van der Waals surface area contributed by atoms with Gasteiger partial charge in [-0.05, 0) is 60.2 Å². The van der Waals surface area contributed by atoms with Crippen molar-refractivity contribution in [3.63, 3.8) is 0 Å². The zero-order valence-corrected chi connectivity index (χ0v) is 20.5. The maximum Gasteiger partial charge on any atom is 0.256 e. The number of hydrogen-bond acceptors (Lipinski definition) is 6. The molecule has 0 radical (unpaired) electrons. The highest BCUT2D eigenvalue weighted by atomic mass is 32.1. The van der Waals surface area contributed by atoms with Gasteiger partial charge in [0, 0.05) is 30.1 Å². The molecule has 2 aromatic heterocycles. The number of fused-ring (bicyclic) bond motifs is 3. The minimum atomic E-state index is -0.576. The summed E-state index contributed by atoms with van der Waals surface area (Å²) in [7, 11) is 1.66. The van der Waals surface area contributed by atoms with Crippen molar-refractivity contribution in [2.24, 2.45) is 0 Å². The Morgan fingerprint density at radius 1 is 1.14 bits per heavy atom. The molecule has 0 bridgehead atoms. The fourth-order valence-corrected chi connectivity index (χ4v) is 5.46. The molecule has 2 atom stereocenters. The molecule has 1 aliphatic rings. The van der Waals surface area contributed by atoms with Gasteiger partial charge in [0.25, 0.3) is 5.91 Å². The molecular formula is C28H26N4O2S. The summed E-state index contributed by atoms with van der Waals surface area (Å²) in [4.78, 5) is 21.5. The number of rotatable bonds is 8. The molecule has 176 valence electrons. The molecule has 0 aliphatic carbocycles. The van der Waals surface area contributed by atoms with Crippen molar-refractivity contribution in [2.45, 2.75) is 31.8 Å². The molecule has 0 saturated heterocycles. The van der Waals surface area contributed by atoms with E-state index in [-0.39, 0.29) is 11.9 Å². The Morgan fingerprint density at radius 2 is 1.94 bits per heavy atom. The predicted octanol–water partition coefficient (Wildman–Crippen LogP) is 5.43. The predicted molar refractivity (Wildman–Crippen MR) is 138 cm³/mol. The maximum atomic E-state index is 13.2. The zero-order chi connectivity index (χ0) is 24.4. The first-order valence-corrected chi connectivity index (χ1v) is 12.5. The van der Waals surface area contributed by atoms with E-state index in [1.54, 1.807) is 29.1 Å². The lowest BCUT2D eigenvalue weighted by molar-refractivity contribution is 0.0962. The van der Waals surface area contributed by atoms with Gasteiger partial charge in [-0.1, -0.05) is 30.3 Å². The number of carbonyl (C=O) groups is 1. The molecule has 3 heterocycles. The average Bonchev–Trinajstić information content (AvgIpc) is 3.52. The van der Waals surface area contributed by atoms with Gasteiger partial charge in [-0.2, -0.15) is 5.26 Å². The molecular weight excluding hydrogens is 456 g/mol. The Kier molecular flexibility index (Phi) is 6.49. The fourth-order valence-electron chi connectivity index (χ4n) is 4.64. The Labute approximate surface area is 208 Å². The van der Waals surface area contributed by atoms with Gasteiger partial charge in [0.05, 0.1) is 24.2 Å². The first-order valence-electron chi connectivity index (χ1n) is 11.6. The number of aromatic nitrogens is 2. The number of nitriles is 1. The highest BCUT2D eigenvalue weighted by molar-refractivity contribution is 7.09. The molecule has 0 spiro atoms.